The molecular formula is C33H34N4O2. The van der Waals surface area contributed by atoms with Gasteiger partial charge in [0.25, 0.3) is 11.8 Å². The van der Waals surface area contributed by atoms with Crippen LogP contribution in [0.2, 0.25) is 0 Å². The van der Waals surface area contributed by atoms with Crippen molar-refractivity contribution in [2.24, 2.45) is 0 Å². The summed E-state index contributed by atoms with van der Waals surface area (Å²) in [6, 6.07) is 30.1. The third-order valence-corrected chi connectivity index (χ3v) is 7.14. The maximum absolute atomic E-state index is 12.8. The Morgan fingerprint density at radius 1 is 0.821 bits per heavy atom. The molecule has 0 radical (unpaired) electrons. The molecule has 0 unspecified atom stereocenters. The van der Waals surface area contributed by atoms with Crippen LogP contribution in [0.5, 0.6) is 0 Å². The average Bonchev–Trinajstić information content (AvgIpc) is 2.96. The van der Waals surface area contributed by atoms with Crippen LogP contribution in [0, 0.1) is 6.92 Å². The summed E-state index contributed by atoms with van der Waals surface area (Å²) < 4.78 is 0. The van der Waals surface area contributed by atoms with E-state index in [2.05, 4.69) is 63.8 Å². The van der Waals surface area contributed by atoms with Crippen LogP contribution in [0.15, 0.2) is 97.2 Å². The Kier molecular flexibility index (Phi) is 8.44. The van der Waals surface area contributed by atoms with E-state index in [-0.39, 0.29) is 17.9 Å². The van der Waals surface area contributed by atoms with E-state index in [1.165, 1.54) is 22.9 Å². The van der Waals surface area contributed by atoms with E-state index < -0.39 is 0 Å². The molecule has 4 aromatic rings. The Balaban J connectivity index is 1.10. The molecule has 1 saturated heterocycles. The molecule has 6 nitrogen and oxygen atoms in total. The van der Waals surface area contributed by atoms with Gasteiger partial charge in [0.2, 0.25) is 0 Å². The van der Waals surface area contributed by atoms with Crippen LogP contribution in [0.3, 0.4) is 0 Å². The number of anilines is 1. The number of amides is 2. The lowest BCUT2D eigenvalue weighted by atomic mass is 10.0. The maximum atomic E-state index is 12.8. The van der Waals surface area contributed by atoms with Crippen LogP contribution in [-0.4, -0.2) is 40.8 Å². The van der Waals surface area contributed by atoms with E-state index in [0.717, 1.165) is 50.1 Å². The van der Waals surface area contributed by atoms with E-state index in [1.807, 2.05) is 42.5 Å². The molecule has 2 heterocycles. The number of nitrogens with one attached hydrogen (secondary N) is 2. The van der Waals surface area contributed by atoms with Gasteiger partial charge < -0.3 is 10.6 Å². The van der Waals surface area contributed by atoms with Gasteiger partial charge in [-0.15, -0.1) is 0 Å². The first-order chi connectivity index (χ1) is 19.0. The summed E-state index contributed by atoms with van der Waals surface area (Å²) in [5.41, 5.74) is 6.37. The molecule has 0 saturated carbocycles. The van der Waals surface area contributed by atoms with E-state index in [9.17, 15) is 9.59 Å². The van der Waals surface area contributed by atoms with Crippen molar-refractivity contribution in [2.45, 2.75) is 38.8 Å². The van der Waals surface area contributed by atoms with Crippen molar-refractivity contribution in [3.63, 3.8) is 0 Å². The zero-order valence-electron chi connectivity index (χ0n) is 22.3. The second-order valence-electron chi connectivity index (χ2n) is 10.3. The monoisotopic (exact) mass is 518 g/mol. The van der Waals surface area contributed by atoms with Gasteiger partial charge in [-0.25, -0.2) is 0 Å². The zero-order chi connectivity index (χ0) is 27.0. The maximum Gasteiger partial charge on any atom is 0.270 e. The molecule has 0 atom stereocenters. The van der Waals surface area contributed by atoms with Crippen molar-refractivity contribution in [3.05, 3.63) is 131 Å². The van der Waals surface area contributed by atoms with Crippen molar-refractivity contribution in [2.75, 3.05) is 18.4 Å². The molecule has 2 amide bonds. The number of hydrogen-bond donors (Lipinski definition) is 2. The number of piperidine rings is 1. The van der Waals surface area contributed by atoms with Gasteiger partial charge in [0.05, 0.1) is 5.56 Å². The molecule has 1 aromatic heterocycles. The molecule has 1 fully saturated rings. The first kappa shape index (κ1) is 26.3. The summed E-state index contributed by atoms with van der Waals surface area (Å²) >= 11 is 0. The highest BCUT2D eigenvalue weighted by atomic mass is 16.2. The minimum Gasteiger partial charge on any atom is -0.348 e. The third-order valence-electron chi connectivity index (χ3n) is 7.14. The van der Waals surface area contributed by atoms with Gasteiger partial charge in [0.1, 0.15) is 5.69 Å². The number of hydrogen-bond acceptors (Lipinski definition) is 4. The number of pyridine rings is 1. The average molecular weight is 519 g/mol. The molecule has 0 spiro atoms. The number of aryl methyl sites for hydroxylation is 1. The number of rotatable bonds is 8. The predicted octanol–water partition coefficient (Wildman–Crippen LogP) is 5.63. The Bertz CT molecular complexity index is 1390. The predicted molar refractivity (Wildman–Crippen MR) is 155 cm³/mol. The first-order valence-corrected chi connectivity index (χ1v) is 13.5. The van der Waals surface area contributed by atoms with Gasteiger partial charge in [0.15, 0.2) is 0 Å². The summed E-state index contributed by atoms with van der Waals surface area (Å²) in [6.45, 7) is 4.92. The van der Waals surface area contributed by atoms with Crippen molar-refractivity contribution < 1.29 is 9.59 Å². The highest BCUT2D eigenvalue weighted by molar-refractivity contribution is 6.04. The topological polar surface area (TPSA) is 74.3 Å². The Morgan fingerprint density at radius 2 is 1.56 bits per heavy atom. The Labute approximate surface area is 230 Å². The van der Waals surface area contributed by atoms with Crippen LogP contribution >= 0.6 is 0 Å². The smallest absolute Gasteiger partial charge is 0.270 e. The lowest BCUT2D eigenvalue weighted by Gasteiger charge is -2.32. The molecular weight excluding hydrogens is 484 g/mol. The van der Waals surface area contributed by atoms with Crippen LogP contribution in [0.1, 0.15) is 55.9 Å². The summed E-state index contributed by atoms with van der Waals surface area (Å²) in [6.07, 6.45) is 4.06. The van der Waals surface area contributed by atoms with E-state index in [1.54, 1.807) is 12.1 Å². The fourth-order valence-corrected chi connectivity index (χ4v) is 4.90. The highest BCUT2D eigenvalue weighted by Crippen LogP contribution is 2.17. The lowest BCUT2D eigenvalue weighted by molar-refractivity contribution is 0.0902. The van der Waals surface area contributed by atoms with Crippen LogP contribution in [0.4, 0.5) is 5.69 Å². The summed E-state index contributed by atoms with van der Waals surface area (Å²) in [7, 11) is 0. The van der Waals surface area contributed by atoms with Crippen molar-refractivity contribution in [1.82, 2.24) is 15.2 Å². The number of nitrogens with zero attached hydrogens (tertiary/aromatic N) is 2. The van der Waals surface area contributed by atoms with Crippen molar-refractivity contribution >= 4 is 17.5 Å². The van der Waals surface area contributed by atoms with Crippen LogP contribution < -0.4 is 10.6 Å². The lowest BCUT2D eigenvalue weighted by Crippen LogP contribution is -2.44. The molecule has 6 heteroatoms. The molecule has 39 heavy (non-hydrogen) atoms. The molecule has 1 aliphatic rings. The minimum atomic E-state index is -0.257. The zero-order valence-corrected chi connectivity index (χ0v) is 22.3. The number of carbonyl (C=O) groups excluding carboxylic acids is 2. The van der Waals surface area contributed by atoms with Gasteiger partial charge >= 0.3 is 0 Å². The molecule has 3 aromatic carbocycles. The highest BCUT2D eigenvalue weighted by Gasteiger charge is 2.22. The van der Waals surface area contributed by atoms with Crippen LogP contribution in [-0.2, 0) is 13.0 Å². The van der Waals surface area contributed by atoms with E-state index >= 15 is 0 Å². The molecule has 2 N–H and O–H groups in total. The first-order valence-electron chi connectivity index (χ1n) is 13.5. The molecule has 0 bridgehead atoms. The fourth-order valence-electron chi connectivity index (χ4n) is 4.90. The third kappa shape index (κ3) is 7.39. The number of likely N-dealkylation sites (tertiary alicyclic amines) is 1. The van der Waals surface area contributed by atoms with E-state index in [0.29, 0.717) is 11.3 Å². The van der Waals surface area contributed by atoms with E-state index in [4.69, 9.17) is 0 Å². The summed E-state index contributed by atoms with van der Waals surface area (Å²) in [4.78, 5) is 32.3. The fraction of sp³-hybridized carbons (Fsp3) is 0.242. The summed E-state index contributed by atoms with van der Waals surface area (Å²) in [5.74, 6) is -0.458. The minimum absolute atomic E-state index is 0.125. The second-order valence-corrected chi connectivity index (χ2v) is 10.3. The van der Waals surface area contributed by atoms with Gasteiger partial charge in [0, 0.05) is 37.6 Å². The number of aromatic nitrogens is 1. The normalized spacial score (nSPS) is 14.1. The van der Waals surface area contributed by atoms with Crippen LogP contribution in [0.25, 0.3) is 0 Å². The Hall–Kier alpha value is -4.29. The van der Waals surface area contributed by atoms with Gasteiger partial charge in [-0.3, -0.25) is 19.5 Å². The SMILES string of the molecule is Cc1ccc(CN2CCC(NC(=O)c3ccc(C(=O)Nc4cccc(Cc5ccccc5)c4)cn3)CC2)cc1. The standard InChI is InChI=1S/C33H34N4O2/c1-24-10-12-26(13-11-24)23-37-18-16-29(17-19-37)35-33(39)31-15-14-28(22-34-31)32(38)36-30-9-5-8-27(21-30)20-25-6-3-2-4-7-25/h2-15,21-22,29H,16-20,23H2,1H3,(H,35,39)(H,36,38). The summed E-state index contributed by atoms with van der Waals surface area (Å²) in [5, 5.41) is 6.05. The number of carbonyl (C=O) groups is 2. The number of benzene rings is 3. The Morgan fingerprint density at radius 3 is 2.28 bits per heavy atom. The van der Waals surface area contributed by atoms with Gasteiger partial charge in [-0.1, -0.05) is 72.3 Å². The van der Waals surface area contributed by atoms with Gasteiger partial charge in [-0.05, 0) is 67.1 Å². The quantitative estimate of drug-likeness (QED) is 0.317. The van der Waals surface area contributed by atoms with Crippen molar-refractivity contribution in [3.8, 4) is 0 Å². The molecule has 198 valence electrons. The molecule has 1 aliphatic heterocycles. The second kappa shape index (κ2) is 12.5. The molecule has 0 aliphatic carbocycles. The van der Waals surface area contributed by atoms with Gasteiger partial charge in [-0.2, -0.15) is 0 Å². The van der Waals surface area contributed by atoms with Crippen molar-refractivity contribution in [1.29, 1.82) is 0 Å². The molecule has 5 rings (SSSR count). The largest absolute Gasteiger partial charge is 0.348 e.